The van der Waals surface area contributed by atoms with Crippen LogP contribution in [0.4, 0.5) is 0 Å². The van der Waals surface area contributed by atoms with Crippen LogP contribution in [0.25, 0.3) is 11.1 Å². The standard InChI is InChI=1S/C15H19N3/c1-11(2)18-8-13-6-14(9-17-7-13)15-10-16-5-4-12(15)3/h4-7,9-11,18H,8H2,1-3H3. The van der Waals surface area contributed by atoms with Gasteiger partial charge >= 0.3 is 0 Å². The Bertz CT molecular complexity index is 521. The van der Waals surface area contributed by atoms with Gasteiger partial charge in [0.25, 0.3) is 0 Å². The smallest absolute Gasteiger partial charge is 0.0349 e. The van der Waals surface area contributed by atoms with E-state index in [1.807, 2.05) is 30.9 Å². The Kier molecular flexibility index (Phi) is 4.05. The minimum Gasteiger partial charge on any atom is -0.310 e. The van der Waals surface area contributed by atoms with Crippen molar-refractivity contribution >= 4 is 0 Å². The fourth-order valence-corrected chi connectivity index (χ4v) is 1.82. The Balaban J connectivity index is 2.25. The van der Waals surface area contributed by atoms with Crippen molar-refractivity contribution in [1.82, 2.24) is 15.3 Å². The summed E-state index contributed by atoms with van der Waals surface area (Å²) in [4.78, 5) is 8.49. The maximum absolute atomic E-state index is 4.31. The molecule has 1 N–H and O–H groups in total. The third-order valence-corrected chi connectivity index (χ3v) is 2.86. The van der Waals surface area contributed by atoms with Crippen LogP contribution >= 0.6 is 0 Å². The van der Waals surface area contributed by atoms with E-state index in [-0.39, 0.29) is 0 Å². The number of rotatable bonds is 4. The van der Waals surface area contributed by atoms with Crippen LogP contribution < -0.4 is 5.32 Å². The average molecular weight is 241 g/mol. The van der Waals surface area contributed by atoms with Gasteiger partial charge in [-0.15, -0.1) is 0 Å². The zero-order chi connectivity index (χ0) is 13.0. The first-order valence-electron chi connectivity index (χ1n) is 6.25. The van der Waals surface area contributed by atoms with Gasteiger partial charge in [-0.05, 0) is 30.2 Å². The van der Waals surface area contributed by atoms with E-state index in [1.54, 1.807) is 0 Å². The normalized spacial score (nSPS) is 10.9. The highest BCUT2D eigenvalue weighted by Crippen LogP contribution is 2.21. The average Bonchev–Trinajstić information content (AvgIpc) is 2.37. The second-order valence-electron chi connectivity index (χ2n) is 4.81. The van der Waals surface area contributed by atoms with Gasteiger partial charge in [0.15, 0.2) is 0 Å². The summed E-state index contributed by atoms with van der Waals surface area (Å²) in [7, 11) is 0. The lowest BCUT2D eigenvalue weighted by Gasteiger charge is -2.10. The lowest BCUT2D eigenvalue weighted by molar-refractivity contribution is 0.588. The van der Waals surface area contributed by atoms with Gasteiger partial charge in [0.2, 0.25) is 0 Å². The Labute approximate surface area is 108 Å². The molecular formula is C15H19N3. The largest absolute Gasteiger partial charge is 0.310 e. The van der Waals surface area contributed by atoms with Crippen molar-refractivity contribution < 1.29 is 0 Å². The molecule has 0 radical (unpaired) electrons. The Morgan fingerprint density at radius 3 is 2.72 bits per heavy atom. The molecule has 0 spiro atoms. The fraction of sp³-hybridized carbons (Fsp3) is 0.333. The van der Waals surface area contributed by atoms with Gasteiger partial charge in [-0.1, -0.05) is 13.8 Å². The highest BCUT2D eigenvalue weighted by Gasteiger charge is 2.03. The van der Waals surface area contributed by atoms with Gasteiger partial charge in [0.1, 0.15) is 0 Å². The molecule has 2 rings (SSSR count). The lowest BCUT2D eigenvalue weighted by Crippen LogP contribution is -2.21. The topological polar surface area (TPSA) is 37.8 Å². The molecule has 0 bridgehead atoms. The lowest BCUT2D eigenvalue weighted by atomic mass is 10.0. The molecular weight excluding hydrogens is 222 g/mol. The Morgan fingerprint density at radius 1 is 1.17 bits per heavy atom. The molecule has 0 amide bonds. The SMILES string of the molecule is Cc1ccncc1-c1cncc(CNC(C)C)c1. The number of nitrogens with one attached hydrogen (secondary N) is 1. The van der Waals surface area contributed by atoms with Crippen LogP contribution in [0.15, 0.2) is 36.9 Å². The van der Waals surface area contributed by atoms with Crippen molar-refractivity contribution in [1.29, 1.82) is 0 Å². The second kappa shape index (κ2) is 5.74. The number of aryl methyl sites for hydroxylation is 1. The second-order valence-corrected chi connectivity index (χ2v) is 4.81. The van der Waals surface area contributed by atoms with E-state index in [0.717, 1.165) is 17.7 Å². The zero-order valence-electron chi connectivity index (χ0n) is 11.1. The molecule has 3 heteroatoms. The maximum atomic E-state index is 4.31. The molecule has 18 heavy (non-hydrogen) atoms. The van der Waals surface area contributed by atoms with Gasteiger partial charge in [0.05, 0.1) is 0 Å². The van der Waals surface area contributed by atoms with Crippen molar-refractivity contribution in [2.75, 3.05) is 0 Å². The molecule has 0 saturated carbocycles. The summed E-state index contributed by atoms with van der Waals surface area (Å²) in [5.74, 6) is 0. The van der Waals surface area contributed by atoms with E-state index in [0.29, 0.717) is 6.04 Å². The van der Waals surface area contributed by atoms with E-state index in [2.05, 4.69) is 42.1 Å². The number of aromatic nitrogens is 2. The molecule has 3 nitrogen and oxygen atoms in total. The zero-order valence-corrected chi connectivity index (χ0v) is 11.1. The van der Waals surface area contributed by atoms with Crippen LogP contribution in [-0.2, 0) is 6.54 Å². The van der Waals surface area contributed by atoms with Crippen molar-refractivity contribution in [3.63, 3.8) is 0 Å². The van der Waals surface area contributed by atoms with E-state index in [9.17, 15) is 0 Å². The molecule has 0 fully saturated rings. The highest BCUT2D eigenvalue weighted by molar-refractivity contribution is 5.65. The van der Waals surface area contributed by atoms with Gasteiger partial charge in [-0.25, -0.2) is 0 Å². The van der Waals surface area contributed by atoms with E-state index >= 15 is 0 Å². The van der Waals surface area contributed by atoms with Gasteiger partial charge < -0.3 is 5.32 Å². The predicted molar refractivity (Wildman–Crippen MR) is 74.2 cm³/mol. The van der Waals surface area contributed by atoms with Crippen molar-refractivity contribution in [3.05, 3.63) is 48.0 Å². The molecule has 0 aliphatic carbocycles. The Morgan fingerprint density at radius 2 is 2.00 bits per heavy atom. The van der Waals surface area contributed by atoms with Gasteiger partial charge in [-0.2, -0.15) is 0 Å². The summed E-state index contributed by atoms with van der Waals surface area (Å²) in [6, 6.07) is 4.68. The molecule has 94 valence electrons. The highest BCUT2D eigenvalue weighted by atomic mass is 14.9. The molecule has 2 aromatic heterocycles. The van der Waals surface area contributed by atoms with Gasteiger partial charge in [-0.3, -0.25) is 9.97 Å². The van der Waals surface area contributed by atoms with Crippen molar-refractivity contribution in [3.8, 4) is 11.1 Å². The summed E-state index contributed by atoms with van der Waals surface area (Å²) in [5.41, 5.74) is 4.70. The van der Waals surface area contributed by atoms with Crippen LogP contribution in [-0.4, -0.2) is 16.0 Å². The van der Waals surface area contributed by atoms with Crippen molar-refractivity contribution in [2.24, 2.45) is 0 Å². The molecule has 0 aromatic carbocycles. The summed E-state index contributed by atoms with van der Waals surface area (Å²) in [6.07, 6.45) is 7.51. The number of pyridine rings is 2. The third-order valence-electron chi connectivity index (χ3n) is 2.86. The Hall–Kier alpha value is -1.74. The molecule has 0 aliphatic rings. The first-order valence-corrected chi connectivity index (χ1v) is 6.25. The summed E-state index contributed by atoms with van der Waals surface area (Å²) in [5, 5.41) is 3.40. The first-order chi connectivity index (χ1) is 8.66. The summed E-state index contributed by atoms with van der Waals surface area (Å²) >= 11 is 0. The molecule has 2 aromatic rings. The minimum absolute atomic E-state index is 0.480. The number of hydrogen-bond acceptors (Lipinski definition) is 3. The quantitative estimate of drug-likeness (QED) is 0.894. The van der Waals surface area contributed by atoms with Crippen LogP contribution in [0.1, 0.15) is 25.0 Å². The number of nitrogens with zero attached hydrogens (tertiary/aromatic N) is 2. The maximum Gasteiger partial charge on any atom is 0.0349 e. The fourth-order valence-electron chi connectivity index (χ4n) is 1.82. The minimum atomic E-state index is 0.480. The molecule has 0 unspecified atom stereocenters. The molecule has 0 saturated heterocycles. The van der Waals surface area contributed by atoms with Gasteiger partial charge in [0, 0.05) is 48.5 Å². The molecule has 0 atom stereocenters. The van der Waals surface area contributed by atoms with Crippen molar-refractivity contribution in [2.45, 2.75) is 33.4 Å². The number of hydrogen-bond donors (Lipinski definition) is 1. The summed E-state index contributed by atoms with van der Waals surface area (Å²) in [6.45, 7) is 7.22. The van der Waals surface area contributed by atoms with Crippen LogP contribution in [0.3, 0.4) is 0 Å². The third kappa shape index (κ3) is 3.14. The molecule has 0 aliphatic heterocycles. The summed E-state index contributed by atoms with van der Waals surface area (Å²) < 4.78 is 0. The first kappa shape index (κ1) is 12.7. The van der Waals surface area contributed by atoms with E-state index in [4.69, 9.17) is 0 Å². The molecule has 2 heterocycles. The predicted octanol–water partition coefficient (Wildman–Crippen LogP) is 2.95. The van der Waals surface area contributed by atoms with E-state index in [1.165, 1.54) is 11.1 Å². The van der Waals surface area contributed by atoms with Crippen LogP contribution in [0.2, 0.25) is 0 Å². The van der Waals surface area contributed by atoms with E-state index < -0.39 is 0 Å². The van der Waals surface area contributed by atoms with Crippen LogP contribution in [0.5, 0.6) is 0 Å². The van der Waals surface area contributed by atoms with Crippen LogP contribution in [0, 0.1) is 6.92 Å². The monoisotopic (exact) mass is 241 g/mol.